The maximum atomic E-state index is 12.4. The Hall–Kier alpha value is -1.65. The minimum Gasteiger partial charge on any atom is -0.207 e. The molecule has 0 atom stereocenters. The number of rotatable bonds is 4. The number of aryl methyl sites for hydroxylation is 3. The summed E-state index contributed by atoms with van der Waals surface area (Å²) in [7, 11) is -3.45. The Morgan fingerprint density at radius 1 is 0.955 bits per heavy atom. The van der Waals surface area contributed by atoms with E-state index in [2.05, 4.69) is 4.72 Å². The zero-order chi connectivity index (χ0) is 15.6. The fraction of sp³-hybridized carbons (Fsp3) is 0.333. The first-order valence-electron chi connectivity index (χ1n) is 7.72. The van der Waals surface area contributed by atoms with Crippen LogP contribution in [-0.2, 0) is 29.4 Å². The lowest BCUT2D eigenvalue weighted by molar-refractivity contribution is 0.580. The lowest BCUT2D eigenvalue weighted by Gasteiger charge is -2.16. The highest BCUT2D eigenvalue weighted by atomic mass is 32.2. The van der Waals surface area contributed by atoms with Gasteiger partial charge in [-0.3, -0.25) is 0 Å². The fourth-order valence-electron chi connectivity index (χ4n) is 2.84. The second kappa shape index (κ2) is 6.23. The first-order chi connectivity index (χ1) is 10.5. The van der Waals surface area contributed by atoms with Crippen molar-refractivity contribution in [1.82, 2.24) is 4.72 Å². The van der Waals surface area contributed by atoms with Crippen molar-refractivity contribution in [2.75, 3.05) is 0 Å². The van der Waals surface area contributed by atoms with Gasteiger partial charge in [0.1, 0.15) is 0 Å². The lowest BCUT2D eigenvalue weighted by atomic mass is 9.92. The Labute approximate surface area is 132 Å². The SMILES string of the molecule is Cc1ccc(CNS(=O)(=O)c2ccc3c(c2)CCCC3)cc1. The summed E-state index contributed by atoms with van der Waals surface area (Å²) in [5, 5.41) is 0. The Balaban J connectivity index is 1.76. The minimum atomic E-state index is -3.45. The minimum absolute atomic E-state index is 0.319. The third-order valence-electron chi connectivity index (χ3n) is 4.22. The van der Waals surface area contributed by atoms with Crippen molar-refractivity contribution in [2.24, 2.45) is 0 Å². The second-order valence-corrected chi connectivity index (χ2v) is 7.71. The largest absolute Gasteiger partial charge is 0.240 e. The molecule has 4 heteroatoms. The van der Waals surface area contributed by atoms with E-state index in [4.69, 9.17) is 0 Å². The van der Waals surface area contributed by atoms with Gasteiger partial charge in [-0.15, -0.1) is 0 Å². The summed E-state index contributed by atoms with van der Waals surface area (Å²) in [4.78, 5) is 0.375. The van der Waals surface area contributed by atoms with Gasteiger partial charge in [0, 0.05) is 6.54 Å². The van der Waals surface area contributed by atoms with Crippen molar-refractivity contribution in [3.05, 3.63) is 64.7 Å². The zero-order valence-corrected chi connectivity index (χ0v) is 13.6. The van der Waals surface area contributed by atoms with Gasteiger partial charge in [0.15, 0.2) is 0 Å². The van der Waals surface area contributed by atoms with Crippen LogP contribution in [0.5, 0.6) is 0 Å². The molecule has 2 aromatic carbocycles. The topological polar surface area (TPSA) is 46.2 Å². The van der Waals surface area contributed by atoms with Crippen LogP contribution in [0.15, 0.2) is 47.4 Å². The Kier molecular flexibility index (Phi) is 4.32. The highest BCUT2D eigenvalue weighted by Crippen LogP contribution is 2.24. The predicted molar refractivity (Wildman–Crippen MR) is 88.3 cm³/mol. The van der Waals surface area contributed by atoms with Crippen LogP contribution < -0.4 is 4.72 Å². The summed E-state index contributed by atoms with van der Waals surface area (Å²) >= 11 is 0. The molecule has 0 bridgehead atoms. The predicted octanol–water partition coefficient (Wildman–Crippen LogP) is 3.35. The zero-order valence-electron chi connectivity index (χ0n) is 12.8. The number of hydrogen-bond acceptors (Lipinski definition) is 2. The number of sulfonamides is 1. The second-order valence-electron chi connectivity index (χ2n) is 5.95. The van der Waals surface area contributed by atoms with Gasteiger partial charge in [0.05, 0.1) is 4.90 Å². The number of hydrogen-bond donors (Lipinski definition) is 1. The van der Waals surface area contributed by atoms with Crippen molar-refractivity contribution >= 4 is 10.0 Å². The van der Waals surface area contributed by atoms with Crippen LogP contribution in [0, 0.1) is 6.92 Å². The van der Waals surface area contributed by atoms with Crippen molar-refractivity contribution in [2.45, 2.75) is 44.0 Å². The molecule has 0 aliphatic heterocycles. The molecule has 116 valence electrons. The van der Waals surface area contributed by atoms with Gasteiger partial charge in [-0.1, -0.05) is 35.9 Å². The molecule has 0 unspecified atom stereocenters. The Morgan fingerprint density at radius 3 is 2.36 bits per heavy atom. The highest BCUT2D eigenvalue weighted by Gasteiger charge is 2.17. The van der Waals surface area contributed by atoms with Gasteiger partial charge < -0.3 is 0 Å². The summed E-state index contributed by atoms with van der Waals surface area (Å²) in [5.74, 6) is 0. The standard InChI is InChI=1S/C18H21NO2S/c1-14-6-8-15(9-7-14)13-19-22(20,21)18-11-10-16-4-2-3-5-17(16)12-18/h6-12,19H,2-5,13H2,1H3. The molecular formula is C18H21NO2S. The molecule has 22 heavy (non-hydrogen) atoms. The smallest absolute Gasteiger partial charge is 0.207 e. The molecule has 1 aliphatic rings. The van der Waals surface area contributed by atoms with Gasteiger partial charge in [-0.25, -0.2) is 13.1 Å². The monoisotopic (exact) mass is 315 g/mol. The van der Waals surface area contributed by atoms with Crippen LogP contribution in [-0.4, -0.2) is 8.42 Å². The van der Waals surface area contributed by atoms with E-state index in [1.807, 2.05) is 43.3 Å². The van der Waals surface area contributed by atoms with Crippen molar-refractivity contribution < 1.29 is 8.42 Å². The summed E-state index contributed by atoms with van der Waals surface area (Å²) in [6.45, 7) is 2.33. The first-order valence-corrected chi connectivity index (χ1v) is 9.20. The quantitative estimate of drug-likeness (QED) is 0.940. The Morgan fingerprint density at radius 2 is 1.64 bits per heavy atom. The van der Waals surface area contributed by atoms with Gasteiger partial charge in [-0.2, -0.15) is 0 Å². The highest BCUT2D eigenvalue weighted by molar-refractivity contribution is 7.89. The Bertz CT molecular complexity index is 764. The molecule has 3 rings (SSSR count). The molecule has 0 spiro atoms. The van der Waals surface area contributed by atoms with Gasteiger partial charge >= 0.3 is 0 Å². The molecule has 0 amide bonds. The summed E-state index contributed by atoms with van der Waals surface area (Å²) in [5.41, 5.74) is 4.61. The average molecular weight is 315 g/mol. The average Bonchev–Trinajstić information content (AvgIpc) is 2.54. The molecule has 1 N–H and O–H groups in total. The van der Waals surface area contributed by atoms with Crippen LogP contribution in [0.4, 0.5) is 0 Å². The first kappa shape index (κ1) is 15.3. The number of fused-ring (bicyclic) bond motifs is 1. The van der Waals surface area contributed by atoms with Gasteiger partial charge in [0.2, 0.25) is 10.0 Å². The van der Waals surface area contributed by atoms with E-state index < -0.39 is 10.0 Å². The third kappa shape index (κ3) is 3.39. The third-order valence-corrected chi connectivity index (χ3v) is 5.62. The van der Waals surface area contributed by atoms with Crippen LogP contribution in [0.3, 0.4) is 0 Å². The molecule has 0 saturated carbocycles. The molecular weight excluding hydrogens is 294 g/mol. The van der Waals surface area contributed by atoms with Crippen molar-refractivity contribution in [1.29, 1.82) is 0 Å². The maximum Gasteiger partial charge on any atom is 0.240 e. The van der Waals surface area contributed by atoms with Crippen LogP contribution in [0.1, 0.15) is 35.1 Å². The van der Waals surface area contributed by atoms with E-state index in [0.29, 0.717) is 11.4 Å². The molecule has 1 aliphatic carbocycles. The van der Waals surface area contributed by atoms with Gasteiger partial charge in [0.25, 0.3) is 0 Å². The van der Waals surface area contributed by atoms with E-state index in [1.54, 1.807) is 6.07 Å². The van der Waals surface area contributed by atoms with Crippen LogP contribution in [0.2, 0.25) is 0 Å². The van der Waals surface area contributed by atoms with E-state index in [1.165, 1.54) is 23.1 Å². The van der Waals surface area contributed by atoms with Crippen molar-refractivity contribution in [3.63, 3.8) is 0 Å². The molecule has 0 aromatic heterocycles. The fourth-order valence-corrected chi connectivity index (χ4v) is 3.91. The summed E-state index contributed by atoms with van der Waals surface area (Å²) in [6, 6.07) is 13.4. The maximum absolute atomic E-state index is 12.4. The van der Waals surface area contributed by atoms with E-state index in [0.717, 1.165) is 24.8 Å². The number of benzene rings is 2. The van der Waals surface area contributed by atoms with E-state index in [9.17, 15) is 8.42 Å². The summed E-state index contributed by atoms with van der Waals surface area (Å²) in [6.07, 6.45) is 4.39. The molecule has 2 aromatic rings. The molecule has 0 heterocycles. The molecule has 3 nitrogen and oxygen atoms in total. The van der Waals surface area contributed by atoms with E-state index in [-0.39, 0.29) is 0 Å². The molecule has 0 saturated heterocycles. The lowest BCUT2D eigenvalue weighted by Crippen LogP contribution is -2.23. The van der Waals surface area contributed by atoms with Crippen LogP contribution in [0.25, 0.3) is 0 Å². The van der Waals surface area contributed by atoms with Gasteiger partial charge in [-0.05, 0) is 61.4 Å². The summed E-state index contributed by atoms with van der Waals surface area (Å²) < 4.78 is 27.6. The molecule has 0 fully saturated rings. The van der Waals surface area contributed by atoms with Crippen LogP contribution >= 0.6 is 0 Å². The normalized spacial score (nSPS) is 14.6. The van der Waals surface area contributed by atoms with Crippen molar-refractivity contribution in [3.8, 4) is 0 Å². The van der Waals surface area contributed by atoms with E-state index >= 15 is 0 Å². The number of nitrogens with one attached hydrogen (secondary N) is 1. The molecule has 0 radical (unpaired) electrons.